The van der Waals surface area contributed by atoms with Crippen LogP contribution in [0.3, 0.4) is 0 Å². The van der Waals surface area contributed by atoms with E-state index in [-0.39, 0.29) is 17.3 Å². The van der Waals surface area contributed by atoms with Gasteiger partial charge in [-0.25, -0.2) is 0 Å². The predicted molar refractivity (Wildman–Crippen MR) is 71.1 cm³/mol. The lowest BCUT2D eigenvalue weighted by atomic mass is 10.1. The van der Waals surface area contributed by atoms with Gasteiger partial charge < -0.3 is 10.2 Å². The molecule has 21 heavy (non-hydrogen) atoms. The van der Waals surface area contributed by atoms with Crippen LogP contribution in [0.15, 0.2) is 0 Å². The Balaban J connectivity index is 2.44. The van der Waals surface area contributed by atoms with Crippen molar-refractivity contribution in [3.05, 3.63) is 17.0 Å². The molecule has 0 unspecified atom stereocenters. The zero-order valence-corrected chi connectivity index (χ0v) is 12.3. The molecule has 1 aromatic rings. The van der Waals surface area contributed by atoms with Gasteiger partial charge in [-0.2, -0.15) is 18.3 Å². The number of carbonyl (C=O) groups is 1. The average molecular weight is 304 g/mol. The van der Waals surface area contributed by atoms with Gasteiger partial charge in [0, 0.05) is 12.7 Å². The van der Waals surface area contributed by atoms with Crippen molar-refractivity contribution in [1.82, 2.24) is 20.0 Å². The van der Waals surface area contributed by atoms with E-state index in [1.165, 1.54) is 18.7 Å². The van der Waals surface area contributed by atoms with Gasteiger partial charge >= 0.3 is 6.18 Å². The van der Waals surface area contributed by atoms with Crippen molar-refractivity contribution in [2.45, 2.75) is 32.0 Å². The van der Waals surface area contributed by atoms with E-state index in [1.807, 2.05) is 7.05 Å². The largest absolute Gasteiger partial charge is 0.435 e. The van der Waals surface area contributed by atoms with Gasteiger partial charge in [-0.15, -0.1) is 0 Å². The second-order valence-electron chi connectivity index (χ2n) is 5.36. The van der Waals surface area contributed by atoms with Gasteiger partial charge in [-0.1, -0.05) is 0 Å². The van der Waals surface area contributed by atoms with E-state index in [1.54, 1.807) is 0 Å². The molecule has 0 atom stereocenters. The van der Waals surface area contributed by atoms with E-state index in [0.29, 0.717) is 0 Å². The first-order valence-electron chi connectivity index (χ1n) is 6.82. The third-order valence-corrected chi connectivity index (χ3v) is 3.91. The summed E-state index contributed by atoms with van der Waals surface area (Å²) >= 11 is 0. The van der Waals surface area contributed by atoms with Crippen LogP contribution in [0.4, 0.5) is 13.2 Å². The molecule has 0 spiro atoms. The van der Waals surface area contributed by atoms with Gasteiger partial charge in [-0.3, -0.25) is 9.48 Å². The molecule has 1 amide bonds. The third kappa shape index (κ3) is 3.04. The molecule has 0 aromatic carbocycles. The number of amides is 1. The van der Waals surface area contributed by atoms with Crippen LogP contribution >= 0.6 is 0 Å². The number of rotatable bonds is 2. The van der Waals surface area contributed by atoms with Crippen LogP contribution in [0.5, 0.6) is 0 Å². The molecule has 1 aromatic heterocycles. The second-order valence-corrected chi connectivity index (χ2v) is 5.36. The molecule has 2 rings (SSSR count). The maximum Gasteiger partial charge on any atom is 0.435 e. The highest BCUT2D eigenvalue weighted by atomic mass is 19.4. The molecule has 2 heterocycles. The minimum absolute atomic E-state index is 0.0966. The highest BCUT2D eigenvalue weighted by Crippen LogP contribution is 2.34. The van der Waals surface area contributed by atoms with E-state index in [9.17, 15) is 18.0 Å². The number of piperidine rings is 1. The fraction of sp³-hybridized carbons (Fsp3) is 0.692. The number of carbonyl (C=O) groups excluding carboxylic acids is 1. The Labute approximate surface area is 121 Å². The summed E-state index contributed by atoms with van der Waals surface area (Å²) in [7, 11) is 3.29. The van der Waals surface area contributed by atoms with Gasteiger partial charge in [-0.05, 0) is 39.9 Å². The van der Waals surface area contributed by atoms with Crippen molar-refractivity contribution in [2.75, 3.05) is 27.2 Å². The summed E-state index contributed by atoms with van der Waals surface area (Å²) in [5, 5.41) is 5.97. The quantitative estimate of drug-likeness (QED) is 0.907. The minimum Gasteiger partial charge on any atom is -0.355 e. The van der Waals surface area contributed by atoms with Crippen LogP contribution in [-0.2, 0) is 6.18 Å². The van der Waals surface area contributed by atoms with Gasteiger partial charge in [0.1, 0.15) is 0 Å². The Morgan fingerprint density at radius 3 is 2.38 bits per heavy atom. The van der Waals surface area contributed by atoms with Crippen molar-refractivity contribution < 1.29 is 18.0 Å². The van der Waals surface area contributed by atoms with E-state index in [0.717, 1.165) is 25.9 Å². The predicted octanol–water partition coefficient (Wildman–Crippen LogP) is 1.84. The number of aromatic nitrogens is 2. The van der Waals surface area contributed by atoms with Crippen molar-refractivity contribution in [3.8, 4) is 0 Å². The van der Waals surface area contributed by atoms with Gasteiger partial charge in [0.25, 0.3) is 5.91 Å². The summed E-state index contributed by atoms with van der Waals surface area (Å²) in [6.07, 6.45) is -3.18. The lowest BCUT2D eigenvalue weighted by Gasteiger charge is -2.29. The molecule has 5 nitrogen and oxygen atoms in total. The Bertz CT molecular complexity index is 530. The number of halogens is 3. The highest BCUT2D eigenvalue weighted by Gasteiger charge is 2.41. The van der Waals surface area contributed by atoms with Crippen LogP contribution in [-0.4, -0.2) is 47.8 Å². The normalized spacial score (nSPS) is 18.0. The Kier molecular flexibility index (Phi) is 4.27. The molecule has 1 fully saturated rings. The molecule has 1 saturated heterocycles. The molecule has 1 aliphatic heterocycles. The minimum atomic E-state index is -4.64. The molecule has 0 bridgehead atoms. The first kappa shape index (κ1) is 15.8. The average Bonchev–Trinajstić information content (AvgIpc) is 2.76. The van der Waals surface area contributed by atoms with Crippen LogP contribution in [0, 0.1) is 6.92 Å². The summed E-state index contributed by atoms with van der Waals surface area (Å²) < 4.78 is 40.7. The number of nitrogens with zero attached hydrogens (tertiary/aromatic N) is 3. The summed E-state index contributed by atoms with van der Waals surface area (Å²) in [4.78, 5) is 13.9. The lowest BCUT2D eigenvalue weighted by Crippen LogP contribution is -2.32. The molecule has 0 saturated carbocycles. The molecular formula is C13H19F3N4O. The number of nitrogens with one attached hydrogen (secondary N) is 1. The zero-order valence-electron chi connectivity index (χ0n) is 12.3. The maximum atomic E-state index is 13.1. The number of hydrogen-bond acceptors (Lipinski definition) is 3. The van der Waals surface area contributed by atoms with E-state index in [4.69, 9.17) is 0 Å². The highest BCUT2D eigenvalue weighted by molar-refractivity contribution is 5.96. The number of hydrogen-bond donors (Lipinski definition) is 1. The molecule has 0 radical (unpaired) electrons. The van der Waals surface area contributed by atoms with Gasteiger partial charge in [0.2, 0.25) is 0 Å². The Morgan fingerprint density at radius 2 is 1.90 bits per heavy atom. The standard InChI is InChI=1S/C13H19F3N4O/c1-8-10(12(21)17-2)11(13(14,15)16)18-20(8)9-4-6-19(3)7-5-9/h9H,4-7H2,1-3H3,(H,17,21). The molecular weight excluding hydrogens is 285 g/mol. The molecule has 8 heteroatoms. The summed E-state index contributed by atoms with van der Waals surface area (Å²) in [6.45, 7) is 3.13. The van der Waals surface area contributed by atoms with E-state index in [2.05, 4.69) is 15.3 Å². The molecule has 118 valence electrons. The van der Waals surface area contributed by atoms with E-state index >= 15 is 0 Å². The van der Waals surface area contributed by atoms with Gasteiger partial charge in [0.05, 0.1) is 11.6 Å². The fourth-order valence-electron chi connectivity index (χ4n) is 2.71. The molecule has 0 aliphatic carbocycles. The van der Waals surface area contributed by atoms with Crippen molar-refractivity contribution in [3.63, 3.8) is 0 Å². The smallest absolute Gasteiger partial charge is 0.355 e. The summed E-state index contributed by atoms with van der Waals surface area (Å²) in [5.74, 6) is -0.751. The topological polar surface area (TPSA) is 50.2 Å². The fourth-order valence-corrected chi connectivity index (χ4v) is 2.71. The second kappa shape index (κ2) is 5.67. The number of likely N-dealkylation sites (tertiary alicyclic amines) is 1. The monoisotopic (exact) mass is 304 g/mol. The SMILES string of the molecule is CNC(=O)c1c(C(F)(F)F)nn(C2CCN(C)CC2)c1C. The lowest BCUT2D eigenvalue weighted by molar-refractivity contribution is -0.141. The Morgan fingerprint density at radius 1 is 1.33 bits per heavy atom. The Hall–Kier alpha value is -1.57. The third-order valence-electron chi connectivity index (χ3n) is 3.91. The van der Waals surface area contributed by atoms with Crippen LogP contribution < -0.4 is 5.32 Å². The van der Waals surface area contributed by atoms with Gasteiger partial charge in [0.15, 0.2) is 5.69 Å². The summed E-state index contributed by atoms with van der Waals surface area (Å²) in [5.41, 5.74) is -1.20. The zero-order chi connectivity index (χ0) is 15.8. The van der Waals surface area contributed by atoms with Crippen molar-refractivity contribution >= 4 is 5.91 Å². The summed E-state index contributed by atoms with van der Waals surface area (Å²) in [6, 6.07) is -0.0966. The number of alkyl halides is 3. The van der Waals surface area contributed by atoms with Crippen molar-refractivity contribution in [1.29, 1.82) is 0 Å². The molecule has 1 N–H and O–H groups in total. The van der Waals surface area contributed by atoms with Crippen molar-refractivity contribution in [2.24, 2.45) is 0 Å². The molecule has 1 aliphatic rings. The maximum absolute atomic E-state index is 13.1. The van der Waals surface area contributed by atoms with Crippen LogP contribution in [0.2, 0.25) is 0 Å². The van der Waals surface area contributed by atoms with Crippen LogP contribution in [0.1, 0.15) is 40.6 Å². The van der Waals surface area contributed by atoms with Crippen LogP contribution in [0.25, 0.3) is 0 Å². The van der Waals surface area contributed by atoms with E-state index < -0.39 is 17.8 Å². The first-order chi connectivity index (χ1) is 9.75. The first-order valence-corrected chi connectivity index (χ1v) is 6.82.